The van der Waals surface area contributed by atoms with E-state index in [0.29, 0.717) is 25.4 Å². The van der Waals surface area contributed by atoms with Crippen molar-refractivity contribution in [2.45, 2.75) is 59.1 Å². The molecule has 4 heteroatoms. The van der Waals surface area contributed by atoms with Crippen molar-refractivity contribution >= 4 is 23.3 Å². The zero-order valence-corrected chi connectivity index (χ0v) is 14.9. The standard InChI is InChI=1S/C17H30O3S/c1-12(2)6-7-20-8-9-21-15-10-14(18)13(16(15)19)11-17(3,4)5/h12-13,15H,6-11H2,1-5H3. The second-order valence-corrected chi connectivity index (χ2v) is 8.86. The van der Waals surface area contributed by atoms with Crippen molar-refractivity contribution in [1.29, 1.82) is 0 Å². The molecule has 1 fully saturated rings. The Balaban J connectivity index is 2.28. The number of ether oxygens (including phenoxy) is 1. The summed E-state index contributed by atoms with van der Waals surface area (Å²) in [7, 11) is 0. The Morgan fingerprint density at radius 3 is 2.48 bits per heavy atom. The van der Waals surface area contributed by atoms with Gasteiger partial charge in [0.25, 0.3) is 0 Å². The lowest BCUT2D eigenvalue weighted by Gasteiger charge is -2.21. The van der Waals surface area contributed by atoms with Crippen LogP contribution in [0.3, 0.4) is 0 Å². The minimum absolute atomic E-state index is 0.0233. The van der Waals surface area contributed by atoms with Gasteiger partial charge in [-0.2, -0.15) is 0 Å². The van der Waals surface area contributed by atoms with Crippen LogP contribution in [-0.2, 0) is 14.3 Å². The molecule has 0 aromatic rings. The summed E-state index contributed by atoms with van der Waals surface area (Å²) in [6.07, 6.45) is 2.15. The quantitative estimate of drug-likeness (QED) is 0.505. The van der Waals surface area contributed by atoms with Crippen molar-refractivity contribution in [3.8, 4) is 0 Å². The molecule has 0 aromatic carbocycles. The molecule has 1 aliphatic carbocycles. The van der Waals surface area contributed by atoms with Gasteiger partial charge in [-0.05, 0) is 24.2 Å². The van der Waals surface area contributed by atoms with Gasteiger partial charge in [-0.15, -0.1) is 11.8 Å². The number of ketones is 2. The van der Waals surface area contributed by atoms with E-state index < -0.39 is 0 Å². The summed E-state index contributed by atoms with van der Waals surface area (Å²) in [4.78, 5) is 24.3. The fourth-order valence-electron chi connectivity index (χ4n) is 2.45. The number of thioether (sulfide) groups is 1. The van der Waals surface area contributed by atoms with Crippen LogP contribution in [0.15, 0.2) is 0 Å². The highest BCUT2D eigenvalue weighted by atomic mass is 32.2. The van der Waals surface area contributed by atoms with Crippen molar-refractivity contribution < 1.29 is 14.3 Å². The molecule has 0 amide bonds. The van der Waals surface area contributed by atoms with Gasteiger partial charge in [0.05, 0.1) is 17.8 Å². The first-order valence-electron chi connectivity index (χ1n) is 7.96. The van der Waals surface area contributed by atoms with Crippen LogP contribution in [0.1, 0.15) is 53.9 Å². The maximum Gasteiger partial charge on any atom is 0.156 e. The maximum absolute atomic E-state index is 12.3. The van der Waals surface area contributed by atoms with Gasteiger partial charge in [0.1, 0.15) is 5.78 Å². The third-order valence-electron chi connectivity index (χ3n) is 3.64. The van der Waals surface area contributed by atoms with Crippen molar-refractivity contribution in [2.75, 3.05) is 19.0 Å². The average molecular weight is 314 g/mol. The molecule has 0 aromatic heterocycles. The SMILES string of the molecule is CC(C)CCOCCSC1CC(=O)C(CC(C)(C)C)C1=O. The van der Waals surface area contributed by atoms with Gasteiger partial charge in [-0.1, -0.05) is 34.6 Å². The number of rotatable bonds is 8. The third kappa shape index (κ3) is 6.96. The van der Waals surface area contributed by atoms with E-state index in [2.05, 4.69) is 34.6 Å². The molecule has 2 atom stereocenters. The summed E-state index contributed by atoms with van der Waals surface area (Å²) < 4.78 is 5.56. The van der Waals surface area contributed by atoms with Crippen molar-refractivity contribution in [1.82, 2.24) is 0 Å². The van der Waals surface area contributed by atoms with E-state index in [-0.39, 0.29) is 28.1 Å². The van der Waals surface area contributed by atoms with Crippen LogP contribution in [0.5, 0.6) is 0 Å². The van der Waals surface area contributed by atoms with E-state index in [1.807, 2.05) is 0 Å². The number of hydrogen-bond acceptors (Lipinski definition) is 4. The topological polar surface area (TPSA) is 43.4 Å². The second-order valence-electron chi connectivity index (χ2n) is 7.54. The van der Waals surface area contributed by atoms with E-state index in [1.165, 1.54) is 0 Å². The Hall–Kier alpha value is -0.350. The molecule has 21 heavy (non-hydrogen) atoms. The summed E-state index contributed by atoms with van der Waals surface area (Å²) in [5, 5.41) is -0.140. The first-order valence-corrected chi connectivity index (χ1v) is 9.01. The van der Waals surface area contributed by atoms with Crippen LogP contribution < -0.4 is 0 Å². The van der Waals surface area contributed by atoms with E-state index in [1.54, 1.807) is 11.8 Å². The molecule has 0 N–H and O–H groups in total. The van der Waals surface area contributed by atoms with Crippen LogP contribution in [0.4, 0.5) is 0 Å². The van der Waals surface area contributed by atoms with Gasteiger partial charge >= 0.3 is 0 Å². The number of carbonyl (C=O) groups excluding carboxylic acids is 2. The van der Waals surface area contributed by atoms with Gasteiger partial charge in [0.2, 0.25) is 0 Å². The minimum Gasteiger partial charge on any atom is -0.381 e. The predicted molar refractivity (Wildman–Crippen MR) is 88.7 cm³/mol. The Bertz CT molecular complexity index is 358. The number of carbonyl (C=O) groups is 2. The monoisotopic (exact) mass is 314 g/mol. The van der Waals surface area contributed by atoms with E-state index >= 15 is 0 Å². The fourth-order valence-corrected chi connectivity index (χ4v) is 3.56. The molecule has 2 unspecified atom stereocenters. The average Bonchev–Trinajstić information content (AvgIpc) is 2.59. The molecule has 0 spiro atoms. The van der Waals surface area contributed by atoms with E-state index in [4.69, 9.17) is 4.74 Å². The van der Waals surface area contributed by atoms with Gasteiger partial charge in [-0.3, -0.25) is 9.59 Å². The Labute approximate surface area is 133 Å². The molecule has 0 aliphatic heterocycles. The summed E-state index contributed by atoms with van der Waals surface area (Å²) >= 11 is 1.59. The summed E-state index contributed by atoms with van der Waals surface area (Å²) in [5.41, 5.74) is 0.0233. The molecular formula is C17H30O3S. The number of hydrogen-bond donors (Lipinski definition) is 0. The highest BCUT2D eigenvalue weighted by Crippen LogP contribution is 2.35. The Kier molecular flexibility index (Phi) is 7.41. The van der Waals surface area contributed by atoms with Crippen LogP contribution in [0, 0.1) is 17.3 Å². The first-order chi connectivity index (χ1) is 9.70. The molecular weight excluding hydrogens is 284 g/mol. The minimum atomic E-state index is -0.371. The molecule has 0 bridgehead atoms. The van der Waals surface area contributed by atoms with E-state index in [9.17, 15) is 9.59 Å². The summed E-state index contributed by atoms with van der Waals surface area (Å²) in [5.74, 6) is 1.36. The third-order valence-corrected chi connectivity index (χ3v) is 4.84. The largest absolute Gasteiger partial charge is 0.381 e. The highest BCUT2D eigenvalue weighted by Gasteiger charge is 2.42. The predicted octanol–water partition coefficient (Wildman–Crippen LogP) is 3.75. The molecule has 1 aliphatic rings. The molecule has 3 nitrogen and oxygen atoms in total. The lowest BCUT2D eigenvalue weighted by atomic mass is 9.83. The maximum atomic E-state index is 12.3. The van der Waals surface area contributed by atoms with Gasteiger partial charge in [-0.25, -0.2) is 0 Å². The van der Waals surface area contributed by atoms with Gasteiger partial charge < -0.3 is 4.74 Å². The molecule has 122 valence electrons. The first kappa shape index (κ1) is 18.7. The smallest absolute Gasteiger partial charge is 0.156 e. The van der Waals surface area contributed by atoms with Crippen molar-refractivity contribution in [2.24, 2.45) is 17.3 Å². The van der Waals surface area contributed by atoms with Gasteiger partial charge in [0, 0.05) is 18.8 Å². The summed E-state index contributed by atoms with van der Waals surface area (Å²) in [6.45, 7) is 12.0. The Morgan fingerprint density at radius 1 is 1.24 bits per heavy atom. The van der Waals surface area contributed by atoms with Gasteiger partial charge in [0.15, 0.2) is 5.78 Å². The van der Waals surface area contributed by atoms with Crippen molar-refractivity contribution in [3.63, 3.8) is 0 Å². The molecule has 1 rings (SSSR count). The van der Waals surface area contributed by atoms with Crippen LogP contribution in [0.25, 0.3) is 0 Å². The molecule has 0 radical (unpaired) electrons. The summed E-state index contributed by atoms with van der Waals surface area (Å²) in [6, 6.07) is 0. The molecule has 0 heterocycles. The Morgan fingerprint density at radius 2 is 1.90 bits per heavy atom. The van der Waals surface area contributed by atoms with Crippen molar-refractivity contribution in [3.05, 3.63) is 0 Å². The van der Waals surface area contributed by atoms with Crippen LogP contribution in [-0.4, -0.2) is 35.8 Å². The lowest BCUT2D eigenvalue weighted by Crippen LogP contribution is -2.24. The van der Waals surface area contributed by atoms with Crippen LogP contribution in [0.2, 0.25) is 0 Å². The molecule has 1 saturated carbocycles. The highest BCUT2D eigenvalue weighted by molar-refractivity contribution is 8.00. The van der Waals surface area contributed by atoms with Crippen LogP contribution >= 0.6 is 11.8 Å². The zero-order valence-electron chi connectivity index (χ0n) is 14.1. The fraction of sp³-hybridized carbons (Fsp3) is 0.882. The normalized spacial score (nSPS) is 23.3. The lowest BCUT2D eigenvalue weighted by molar-refractivity contribution is -0.128. The zero-order chi connectivity index (χ0) is 16.0. The number of Topliss-reactive ketones (excluding diaryl/α,β-unsaturated/α-hetero) is 2. The second kappa shape index (κ2) is 8.33. The van der Waals surface area contributed by atoms with E-state index in [0.717, 1.165) is 18.8 Å². The molecule has 0 saturated heterocycles.